The molecule has 0 spiro atoms. The average Bonchev–Trinajstić information content (AvgIpc) is 2.73. The van der Waals surface area contributed by atoms with E-state index in [0.717, 1.165) is 16.5 Å². The molecule has 0 bridgehead atoms. The molecule has 0 amide bonds. The van der Waals surface area contributed by atoms with E-state index in [1.165, 1.54) is 4.31 Å². The molecule has 2 heterocycles. The van der Waals surface area contributed by atoms with Crippen LogP contribution >= 0.6 is 0 Å². The minimum Gasteiger partial charge on any atom is -0.368 e. The maximum atomic E-state index is 13.0. The highest BCUT2D eigenvalue weighted by atomic mass is 32.2. The molecule has 1 aliphatic heterocycles. The molecule has 4 rings (SSSR count). The van der Waals surface area contributed by atoms with Crippen molar-refractivity contribution >= 4 is 26.5 Å². The van der Waals surface area contributed by atoms with E-state index < -0.39 is 10.0 Å². The van der Waals surface area contributed by atoms with Gasteiger partial charge in [0, 0.05) is 26.2 Å². The summed E-state index contributed by atoms with van der Waals surface area (Å²) >= 11 is 0. The fraction of sp³-hybridized carbons (Fsp3) is 0.200. The number of fused-ring (bicyclic) bond motifs is 1. The van der Waals surface area contributed by atoms with Crippen LogP contribution in [0.15, 0.2) is 65.7 Å². The maximum Gasteiger partial charge on any atom is 0.243 e. The number of pyridine rings is 1. The summed E-state index contributed by atoms with van der Waals surface area (Å²) in [6.07, 6.45) is 1.66. The van der Waals surface area contributed by atoms with Gasteiger partial charge in [-0.1, -0.05) is 30.3 Å². The third-order valence-corrected chi connectivity index (χ3v) is 6.72. The van der Waals surface area contributed by atoms with Crippen LogP contribution in [-0.2, 0) is 10.0 Å². The Hall–Kier alpha value is -2.95. The maximum absolute atomic E-state index is 13.0. The molecule has 2 aromatic carbocycles. The SMILES string of the molecule is N#Cc1ccc(N2CCN(S(=O)(=O)c3ccc4ccccc4c3)CC2)cn1. The summed E-state index contributed by atoms with van der Waals surface area (Å²) in [4.78, 5) is 6.49. The Bertz CT molecular complexity index is 1110. The summed E-state index contributed by atoms with van der Waals surface area (Å²) in [6, 6.07) is 18.5. The lowest BCUT2D eigenvalue weighted by atomic mass is 10.1. The van der Waals surface area contributed by atoms with Gasteiger partial charge in [0.15, 0.2) is 0 Å². The zero-order valence-electron chi connectivity index (χ0n) is 14.6. The molecular formula is C20H18N4O2S. The molecular weight excluding hydrogens is 360 g/mol. The molecule has 0 saturated carbocycles. The molecule has 0 atom stereocenters. The van der Waals surface area contributed by atoms with E-state index in [-0.39, 0.29) is 0 Å². The van der Waals surface area contributed by atoms with Crippen LogP contribution in [0.2, 0.25) is 0 Å². The topological polar surface area (TPSA) is 77.3 Å². The molecule has 0 unspecified atom stereocenters. The highest BCUT2D eigenvalue weighted by Gasteiger charge is 2.28. The van der Waals surface area contributed by atoms with Crippen molar-refractivity contribution < 1.29 is 8.42 Å². The average molecular weight is 378 g/mol. The predicted octanol–water partition coefficient (Wildman–Crippen LogP) is 2.62. The van der Waals surface area contributed by atoms with Crippen LogP contribution in [0.25, 0.3) is 10.8 Å². The Morgan fingerprint density at radius 2 is 1.67 bits per heavy atom. The number of benzene rings is 2. The van der Waals surface area contributed by atoms with Crippen molar-refractivity contribution in [2.75, 3.05) is 31.1 Å². The van der Waals surface area contributed by atoms with Crippen LogP contribution in [0, 0.1) is 11.3 Å². The van der Waals surface area contributed by atoms with Gasteiger partial charge in [-0.2, -0.15) is 9.57 Å². The van der Waals surface area contributed by atoms with Gasteiger partial charge in [0.05, 0.1) is 16.8 Å². The number of rotatable bonds is 3. The molecule has 3 aromatic rings. The van der Waals surface area contributed by atoms with Gasteiger partial charge in [0.2, 0.25) is 10.0 Å². The Labute approximate surface area is 158 Å². The number of nitriles is 1. The lowest BCUT2D eigenvalue weighted by molar-refractivity contribution is 0.385. The number of sulfonamides is 1. The second-order valence-electron chi connectivity index (χ2n) is 6.41. The first-order valence-corrected chi connectivity index (χ1v) is 10.1. The number of anilines is 1. The molecule has 7 heteroatoms. The quantitative estimate of drug-likeness (QED) is 0.700. The molecule has 1 saturated heterocycles. The Kier molecular flexibility index (Phi) is 4.52. The van der Waals surface area contributed by atoms with Crippen molar-refractivity contribution in [3.63, 3.8) is 0 Å². The van der Waals surface area contributed by atoms with Crippen molar-refractivity contribution in [2.24, 2.45) is 0 Å². The first-order chi connectivity index (χ1) is 13.1. The van der Waals surface area contributed by atoms with Crippen molar-refractivity contribution in [3.05, 3.63) is 66.5 Å². The van der Waals surface area contributed by atoms with E-state index in [1.807, 2.05) is 42.5 Å². The van der Waals surface area contributed by atoms with Crippen LogP contribution in [-0.4, -0.2) is 43.9 Å². The molecule has 136 valence electrons. The Morgan fingerprint density at radius 3 is 2.33 bits per heavy atom. The van der Waals surface area contributed by atoms with E-state index in [1.54, 1.807) is 24.4 Å². The van der Waals surface area contributed by atoms with Crippen LogP contribution in [0.5, 0.6) is 0 Å². The molecule has 0 N–H and O–H groups in total. The molecule has 1 aromatic heterocycles. The summed E-state index contributed by atoms with van der Waals surface area (Å²) in [7, 11) is -3.52. The highest BCUT2D eigenvalue weighted by Crippen LogP contribution is 2.24. The van der Waals surface area contributed by atoms with E-state index >= 15 is 0 Å². The van der Waals surface area contributed by atoms with Gasteiger partial charge in [-0.25, -0.2) is 13.4 Å². The van der Waals surface area contributed by atoms with E-state index in [9.17, 15) is 8.42 Å². The molecule has 1 aliphatic rings. The lowest BCUT2D eigenvalue weighted by Crippen LogP contribution is -2.48. The molecule has 0 aliphatic carbocycles. The summed E-state index contributed by atoms with van der Waals surface area (Å²) in [5.74, 6) is 0. The molecule has 27 heavy (non-hydrogen) atoms. The molecule has 1 fully saturated rings. The fourth-order valence-electron chi connectivity index (χ4n) is 3.30. The summed E-state index contributed by atoms with van der Waals surface area (Å²) in [6.45, 7) is 1.99. The van der Waals surface area contributed by atoms with Gasteiger partial charge in [-0.3, -0.25) is 0 Å². The number of aromatic nitrogens is 1. The van der Waals surface area contributed by atoms with Crippen molar-refractivity contribution in [1.29, 1.82) is 5.26 Å². The Balaban J connectivity index is 1.51. The minimum absolute atomic E-state index is 0.328. The van der Waals surface area contributed by atoms with E-state index in [0.29, 0.717) is 36.8 Å². The van der Waals surface area contributed by atoms with Gasteiger partial charge >= 0.3 is 0 Å². The van der Waals surface area contributed by atoms with Crippen LogP contribution in [0.1, 0.15) is 5.69 Å². The smallest absolute Gasteiger partial charge is 0.243 e. The zero-order chi connectivity index (χ0) is 18.9. The summed E-state index contributed by atoms with van der Waals surface area (Å²) in [5.41, 5.74) is 1.27. The van der Waals surface area contributed by atoms with E-state index in [4.69, 9.17) is 5.26 Å². The monoisotopic (exact) mass is 378 g/mol. The molecule has 6 nitrogen and oxygen atoms in total. The normalized spacial score (nSPS) is 15.6. The number of nitrogens with zero attached hydrogens (tertiary/aromatic N) is 4. The lowest BCUT2D eigenvalue weighted by Gasteiger charge is -2.35. The van der Waals surface area contributed by atoms with Crippen molar-refractivity contribution in [2.45, 2.75) is 4.90 Å². The standard InChI is InChI=1S/C20H18N4O2S/c21-14-18-6-7-19(15-22-18)23-9-11-24(12-10-23)27(25,26)20-8-5-16-3-1-2-4-17(16)13-20/h1-8,13,15H,9-12H2. The summed E-state index contributed by atoms with van der Waals surface area (Å²) in [5, 5.41) is 10.8. The van der Waals surface area contributed by atoms with Crippen LogP contribution in [0.3, 0.4) is 0 Å². The fourth-order valence-corrected chi connectivity index (χ4v) is 4.76. The van der Waals surface area contributed by atoms with E-state index in [2.05, 4.69) is 9.88 Å². The third-order valence-electron chi connectivity index (χ3n) is 4.82. The van der Waals surface area contributed by atoms with Crippen molar-refractivity contribution in [1.82, 2.24) is 9.29 Å². The van der Waals surface area contributed by atoms with Crippen LogP contribution in [0.4, 0.5) is 5.69 Å². The number of hydrogen-bond acceptors (Lipinski definition) is 5. The summed E-state index contributed by atoms with van der Waals surface area (Å²) < 4.78 is 27.6. The van der Waals surface area contributed by atoms with Crippen LogP contribution < -0.4 is 4.90 Å². The van der Waals surface area contributed by atoms with Gasteiger partial charge in [-0.15, -0.1) is 0 Å². The van der Waals surface area contributed by atoms with Gasteiger partial charge in [-0.05, 0) is 35.0 Å². The van der Waals surface area contributed by atoms with Gasteiger partial charge in [0.25, 0.3) is 0 Å². The second kappa shape index (κ2) is 6.99. The minimum atomic E-state index is -3.52. The highest BCUT2D eigenvalue weighted by molar-refractivity contribution is 7.89. The largest absolute Gasteiger partial charge is 0.368 e. The van der Waals surface area contributed by atoms with Gasteiger partial charge in [0.1, 0.15) is 11.8 Å². The molecule has 0 radical (unpaired) electrons. The third kappa shape index (κ3) is 3.37. The first-order valence-electron chi connectivity index (χ1n) is 8.68. The zero-order valence-corrected chi connectivity index (χ0v) is 15.4. The van der Waals surface area contributed by atoms with Crippen molar-refractivity contribution in [3.8, 4) is 6.07 Å². The predicted molar refractivity (Wildman–Crippen MR) is 104 cm³/mol. The second-order valence-corrected chi connectivity index (χ2v) is 8.35. The van der Waals surface area contributed by atoms with Gasteiger partial charge < -0.3 is 4.90 Å². The number of piperazine rings is 1. The number of hydrogen-bond donors (Lipinski definition) is 0. The first kappa shape index (κ1) is 17.5. The Morgan fingerprint density at radius 1 is 0.926 bits per heavy atom.